The standard InChI is InChI=1S/C19H15F2N3O2/c1-12-10-18(26-24-12)17(11-22-15-6-2-13(20)3-7-15)19(25)23-16-8-4-14(21)5-9-16/h2-11,22H,1H3,(H,23,25). The van der Waals surface area contributed by atoms with Crippen molar-refractivity contribution in [3.63, 3.8) is 0 Å². The van der Waals surface area contributed by atoms with E-state index in [0.29, 0.717) is 17.1 Å². The predicted molar refractivity (Wildman–Crippen MR) is 94.3 cm³/mol. The molecule has 0 radical (unpaired) electrons. The molecule has 2 N–H and O–H groups in total. The second-order valence-corrected chi connectivity index (χ2v) is 5.50. The number of nitrogens with one attached hydrogen (secondary N) is 2. The van der Waals surface area contributed by atoms with Gasteiger partial charge < -0.3 is 15.2 Å². The number of nitrogens with zero attached hydrogens (tertiary/aromatic N) is 1. The van der Waals surface area contributed by atoms with Crippen molar-refractivity contribution in [2.45, 2.75) is 6.92 Å². The zero-order valence-corrected chi connectivity index (χ0v) is 13.8. The maximum atomic E-state index is 13.0. The Bertz CT molecular complexity index is 932. The molecular formula is C19H15F2N3O2. The Morgan fingerprint density at radius 1 is 1.00 bits per heavy atom. The lowest BCUT2D eigenvalue weighted by Gasteiger charge is -2.08. The molecule has 5 nitrogen and oxygen atoms in total. The molecule has 0 aliphatic heterocycles. The summed E-state index contributed by atoms with van der Waals surface area (Å²) in [6, 6.07) is 12.7. The molecule has 2 aromatic carbocycles. The molecule has 0 fully saturated rings. The van der Waals surface area contributed by atoms with E-state index in [1.54, 1.807) is 13.0 Å². The van der Waals surface area contributed by atoms with Gasteiger partial charge in [0.1, 0.15) is 17.2 Å². The molecule has 1 amide bonds. The molecular weight excluding hydrogens is 340 g/mol. The van der Waals surface area contributed by atoms with E-state index in [2.05, 4.69) is 15.8 Å². The minimum atomic E-state index is -0.470. The zero-order valence-electron chi connectivity index (χ0n) is 13.8. The molecule has 0 aliphatic rings. The molecule has 0 unspecified atom stereocenters. The van der Waals surface area contributed by atoms with Gasteiger partial charge in [0.15, 0.2) is 5.76 Å². The van der Waals surface area contributed by atoms with Gasteiger partial charge in [0.2, 0.25) is 0 Å². The number of rotatable bonds is 5. The Morgan fingerprint density at radius 3 is 2.12 bits per heavy atom. The molecule has 3 aromatic rings. The predicted octanol–water partition coefficient (Wildman–Crippen LogP) is 4.35. The van der Waals surface area contributed by atoms with E-state index in [0.717, 1.165) is 0 Å². The molecule has 132 valence electrons. The summed E-state index contributed by atoms with van der Waals surface area (Å²) in [4.78, 5) is 12.6. The first-order chi connectivity index (χ1) is 12.5. The van der Waals surface area contributed by atoms with Crippen molar-refractivity contribution in [3.05, 3.63) is 83.9 Å². The third kappa shape index (κ3) is 4.32. The summed E-state index contributed by atoms with van der Waals surface area (Å²) in [5, 5.41) is 9.36. The fourth-order valence-corrected chi connectivity index (χ4v) is 2.17. The minimum absolute atomic E-state index is 0.180. The Balaban J connectivity index is 1.84. The Kier molecular flexibility index (Phi) is 5.07. The number of hydrogen-bond acceptors (Lipinski definition) is 4. The van der Waals surface area contributed by atoms with Crippen LogP contribution in [0.1, 0.15) is 11.5 Å². The normalized spacial score (nSPS) is 11.3. The number of aromatic nitrogens is 1. The van der Waals surface area contributed by atoms with Crippen LogP contribution in [-0.2, 0) is 4.79 Å². The lowest BCUT2D eigenvalue weighted by atomic mass is 10.2. The first-order valence-electron chi connectivity index (χ1n) is 7.74. The highest BCUT2D eigenvalue weighted by molar-refractivity contribution is 6.24. The van der Waals surface area contributed by atoms with Gasteiger partial charge in [-0.15, -0.1) is 0 Å². The van der Waals surface area contributed by atoms with Gasteiger partial charge in [-0.2, -0.15) is 0 Å². The number of aryl methyl sites for hydroxylation is 1. The Morgan fingerprint density at radius 2 is 1.58 bits per heavy atom. The Labute approximate surface area is 148 Å². The summed E-state index contributed by atoms with van der Waals surface area (Å²) in [6.07, 6.45) is 1.44. The van der Waals surface area contributed by atoms with Gasteiger partial charge in [0.05, 0.1) is 5.69 Å². The molecule has 7 heteroatoms. The van der Waals surface area contributed by atoms with Crippen LogP contribution in [0.25, 0.3) is 5.57 Å². The lowest BCUT2D eigenvalue weighted by molar-refractivity contribution is -0.111. The van der Waals surface area contributed by atoms with Gasteiger partial charge >= 0.3 is 0 Å². The highest BCUT2D eigenvalue weighted by Crippen LogP contribution is 2.20. The number of anilines is 2. The second kappa shape index (κ2) is 7.60. The largest absolute Gasteiger partial charge is 0.361 e. The van der Waals surface area contributed by atoms with Crippen LogP contribution in [0, 0.1) is 18.6 Å². The molecule has 0 bridgehead atoms. The average molecular weight is 355 g/mol. The van der Waals surface area contributed by atoms with E-state index in [-0.39, 0.29) is 17.2 Å². The third-order valence-corrected chi connectivity index (χ3v) is 3.47. The molecule has 0 spiro atoms. The highest BCUT2D eigenvalue weighted by atomic mass is 19.1. The van der Waals surface area contributed by atoms with Gasteiger partial charge in [0.25, 0.3) is 5.91 Å². The van der Waals surface area contributed by atoms with Crippen LogP contribution in [0.5, 0.6) is 0 Å². The first-order valence-corrected chi connectivity index (χ1v) is 7.74. The molecule has 0 saturated heterocycles. The van der Waals surface area contributed by atoms with E-state index in [9.17, 15) is 13.6 Å². The lowest BCUT2D eigenvalue weighted by Crippen LogP contribution is -2.14. The molecule has 1 heterocycles. The quantitative estimate of drug-likeness (QED) is 0.668. The Hall–Kier alpha value is -3.48. The van der Waals surface area contributed by atoms with Crippen LogP contribution >= 0.6 is 0 Å². The number of amides is 1. The molecule has 1 aromatic heterocycles. The zero-order chi connectivity index (χ0) is 18.5. The van der Waals surface area contributed by atoms with Crippen molar-refractivity contribution in [1.29, 1.82) is 0 Å². The fraction of sp³-hybridized carbons (Fsp3) is 0.0526. The number of carbonyl (C=O) groups excluding carboxylic acids is 1. The summed E-state index contributed by atoms with van der Waals surface area (Å²) >= 11 is 0. The van der Waals surface area contributed by atoms with E-state index >= 15 is 0 Å². The number of benzene rings is 2. The van der Waals surface area contributed by atoms with Crippen molar-refractivity contribution in [3.8, 4) is 0 Å². The van der Waals surface area contributed by atoms with Crippen LogP contribution in [0.15, 0.2) is 65.3 Å². The van der Waals surface area contributed by atoms with Gasteiger partial charge in [-0.25, -0.2) is 8.78 Å². The fourth-order valence-electron chi connectivity index (χ4n) is 2.17. The minimum Gasteiger partial charge on any atom is -0.361 e. The van der Waals surface area contributed by atoms with Gasteiger partial charge in [-0.1, -0.05) is 5.16 Å². The van der Waals surface area contributed by atoms with Crippen LogP contribution in [0.4, 0.5) is 20.2 Å². The van der Waals surface area contributed by atoms with Crippen molar-refractivity contribution in [1.82, 2.24) is 5.16 Å². The van der Waals surface area contributed by atoms with Gasteiger partial charge in [-0.3, -0.25) is 4.79 Å². The molecule has 3 rings (SSSR count). The SMILES string of the molecule is Cc1cc(C(=CNc2ccc(F)cc2)C(=O)Nc2ccc(F)cc2)on1. The van der Waals surface area contributed by atoms with Crippen molar-refractivity contribution < 1.29 is 18.1 Å². The van der Waals surface area contributed by atoms with Crippen molar-refractivity contribution in [2.24, 2.45) is 0 Å². The monoisotopic (exact) mass is 355 g/mol. The topological polar surface area (TPSA) is 67.2 Å². The van der Waals surface area contributed by atoms with Crippen LogP contribution in [0.2, 0.25) is 0 Å². The molecule has 0 atom stereocenters. The van der Waals surface area contributed by atoms with Crippen LogP contribution in [0.3, 0.4) is 0 Å². The summed E-state index contributed by atoms with van der Waals surface area (Å²) in [7, 11) is 0. The molecule has 0 saturated carbocycles. The second-order valence-electron chi connectivity index (χ2n) is 5.50. The smallest absolute Gasteiger partial charge is 0.261 e. The van der Waals surface area contributed by atoms with E-state index in [4.69, 9.17) is 4.52 Å². The first kappa shape index (κ1) is 17.3. The maximum Gasteiger partial charge on any atom is 0.261 e. The number of carbonyl (C=O) groups is 1. The van der Waals surface area contributed by atoms with Gasteiger partial charge in [-0.05, 0) is 55.5 Å². The van der Waals surface area contributed by atoms with Gasteiger partial charge in [0, 0.05) is 23.6 Å². The summed E-state index contributed by atoms with van der Waals surface area (Å²) in [5.74, 6) is -0.971. The molecule has 26 heavy (non-hydrogen) atoms. The highest BCUT2D eigenvalue weighted by Gasteiger charge is 2.17. The summed E-state index contributed by atoms with van der Waals surface area (Å²) in [5.41, 5.74) is 1.82. The van der Waals surface area contributed by atoms with E-state index < -0.39 is 11.7 Å². The van der Waals surface area contributed by atoms with Crippen LogP contribution in [-0.4, -0.2) is 11.1 Å². The van der Waals surface area contributed by atoms with Crippen LogP contribution < -0.4 is 10.6 Å². The van der Waals surface area contributed by atoms with E-state index in [1.807, 2.05) is 0 Å². The number of hydrogen-bond donors (Lipinski definition) is 2. The van der Waals surface area contributed by atoms with E-state index in [1.165, 1.54) is 54.7 Å². The maximum absolute atomic E-state index is 13.0. The van der Waals surface area contributed by atoms with Crippen molar-refractivity contribution in [2.75, 3.05) is 10.6 Å². The van der Waals surface area contributed by atoms with Crippen molar-refractivity contribution >= 4 is 22.9 Å². The third-order valence-electron chi connectivity index (χ3n) is 3.47. The number of halogens is 2. The summed E-state index contributed by atoms with van der Waals surface area (Å²) < 4.78 is 31.2. The summed E-state index contributed by atoms with van der Waals surface area (Å²) in [6.45, 7) is 1.73. The average Bonchev–Trinajstić information content (AvgIpc) is 3.05. The molecule has 0 aliphatic carbocycles.